The van der Waals surface area contributed by atoms with E-state index in [1.807, 2.05) is 11.3 Å². The SMILES string of the molecule is c1ccc(N(c2ccccc2-c2cccc3cccc(C4CCCCC4)c23)c2cccc3c2sc2ccccc23)c(-c2cccc3ccccc23)c1. The highest BCUT2D eigenvalue weighted by molar-refractivity contribution is 7.26. The van der Waals surface area contributed by atoms with Crippen molar-refractivity contribution in [2.45, 2.75) is 38.0 Å². The van der Waals surface area contributed by atoms with Gasteiger partial charge in [0.25, 0.3) is 0 Å². The quantitative estimate of drug-likeness (QED) is 0.168. The third-order valence-corrected chi connectivity index (χ3v) is 12.5. The van der Waals surface area contributed by atoms with Crippen molar-refractivity contribution in [1.82, 2.24) is 0 Å². The highest BCUT2D eigenvalue weighted by Crippen LogP contribution is 2.51. The fraction of sp³-hybridized carbons (Fsp3) is 0.120. The van der Waals surface area contributed by atoms with E-state index in [4.69, 9.17) is 0 Å². The summed E-state index contributed by atoms with van der Waals surface area (Å²) < 4.78 is 2.61. The van der Waals surface area contributed by atoms with E-state index in [-0.39, 0.29) is 0 Å². The minimum atomic E-state index is 0.598. The van der Waals surface area contributed by atoms with Crippen LogP contribution in [0, 0.1) is 0 Å². The summed E-state index contributed by atoms with van der Waals surface area (Å²) >= 11 is 1.89. The van der Waals surface area contributed by atoms with Crippen molar-refractivity contribution in [3.8, 4) is 22.3 Å². The lowest BCUT2D eigenvalue weighted by atomic mass is 9.80. The van der Waals surface area contributed by atoms with Crippen molar-refractivity contribution in [3.63, 3.8) is 0 Å². The smallest absolute Gasteiger partial charge is 0.0640 e. The molecule has 0 spiro atoms. The highest BCUT2D eigenvalue weighted by Gasteiger charge is 2.26. The molecule has 2 heteroatoms. The Morgan fingerprint density at radius 1 is 0.404 bits per heavy atom. The Balaban J connectivity index is 1.28. The van der Waals surface area contributed by atoms with Gasteiger partial charge in [-0.3, -0.25) is 0 Å². The summed E-state index contributed by atoms with van der Waals surface area (Å²) in [6, 6.07) is 63.2. The first-order valence-corrected chi connectivity index (χ1v) is 19.5. The Hall–Kier alpha value is -5.70. The van der Waals surface area contributed by atoms with Gasteiger partial charge in [0.05, 0.1) is 21.8 Å². The number of rotatable bonds is 6. The monoisotopic (exact) mass is 685 g/mol. The van der Waals surface area contributed by atoms with Gasteiger partial charge < -0.3 is 4.90 Å². The standard InChI is InChI=1S/C50H39NS/c1-2-16-35(17-3-1)38-26-13-20-36-21-14-28-43(49(36)38)41-24-7-10-31-46(41)51(47-32-15-29-44-42-25-8-11-33-48(42)52-50(44)47)45-30-9-6-23-40(45)39-27-12-19-34-18-4-5-22-37(34)39/h4-15,18-33,35H,1-3,16-17H2. The zero-order valence-electron chi connectivity index (χ0n) is 29.1. The molecule has 0 N–H and O–H groups in total. The molecular formula is C50H39NS. The second-order valence-electron chi connectivity index (χ2n) is 14.2. The first kappa shape index (κ1) is 31.1. The lowest BCUT2D eigenvalue weighted by Crippen LogP contribution is -2.13. The number of thiophene rings is 1. The number of para-hydroxylation sites is 2. The third-order valence-electron chi connectivity index (χ3n) is 11.3. The number of fused-ring (bicyclic) bond motifs is 5. The molecule has 0 unspecified atom stereocenters. The molecule has 1 saturated carbocycles. The van der Waals surface area contributed by atoms with Crippen LogP contribution < -0.4 is 4.90 Å². The Kier molecular flexibility index (Phi) is 7.84. The Bertz CT molecular complexity index is 2740. The predicted molar refractivity (Wildman–Crippen MR) is 226 cm³/mol. The third kappa shape index (κ3) is 5.21. The Labute approximate surface area is 309 Å². The van der Waals surface area contributed by atoms with Crippen LogP contribution in [-0.2, 0) is 0 Å². The molecule has 1 aliphatic carbocycles. The van der Waals surface area contributed by atoms with Gasteiger partial charge in [-0.1, -0.05) is 165 Å². The van der Waals surface area contributed by atoms with Gasteiger partial charge in [0.2, 0.25) is 0 Å². The van der Waals surface area contributed by atoms with Crippen LogP contribution in [0.3, 0.4) is 0 Å². The van der Waals surface area contributed by atoms with Gasteiger partial charge in [-0.15, -0.1) is 11.3 Å². The Morgan fingerprint density at radius 2 is 0.942 bits per heavy atom. The van der Waals surface area contributed by atoms with Crippen LogP contribution >= 0.6 is 11.3 Å². The summed E-state index contributed by atoms with van der Waals surface area (Å²) in [5.41, 5.74) is 10.1. The molecule has 8 aromatic carbocycles. The fourth-order valence-electron chi connectivity index (χ4n) is 8.90. The molecule has 0 bridgehead atoms. The van der Waals surface area contributed by atoms with Gasteiger partial charge in [0.15, 0.2) is 0 Å². The molecule has 1 fully saturated rings. The molecule has 0 radical (unpaired) electrons. The van der Waals surface area contributed by atoms with Crippen LogP contribution in [0.4, 0.5) is 17.1 Å². The predicted octanol–water partition coefficient (Wildman–Crippen LogP) is 15.2. The van der Waals surface area contributed by atoms with Crippen molar-refractivity contribution in [2.75, 3.05) is 4.90 Å². The van der Waals surface area contributed by atoms with E-state index in [0.717, 1.165) is 0 Å². The summed E-state index contributed by atoms with van der Waals surface area (Å²) in [7, 11) is 0. The molecule has 1 aliphatic rings. The Morgan fingerprint density at radius 3 is 1.75 bits per heavy atom. The molecule has 0 atom stereocenters. The van der Waals surface area contributed by atoms with Crippen LogP contribution in [0.1, 0.15) is 43.6 Å². The normalized spacial score (nSPS) is 13.7. The maximum Gasteiger partial charge on any atom is 0.0640 e. The number of hydrogen-bond acceptors (Lipinski definition) is 2. The van der Waals surface area contributed by atoms with Crippen molar-refractivity contribution in [2.24, 2.45) is 0 Å². The van der Waals surface area contributed by atoms with E-state index in [9.17, 15) is 0 Å². The maximum absolute atomic E-state index is 2.56. The average molecular weight is 686 g/mol. The van der Waals surface area contributed by atoms with E-state index in [1.165, 1.54) is 119 Å². The van der Waals surface area contributed by atoms with Crippen LogP contribution in [0.25, 0.3) is 64.0 Å². The summed E-state index contributed by atoms with van der Waals surface area (Å²) in [4.78, 5) is 2.56. The van der Waals surface area contributed by atoms with E-state index < -0.39 is 0 Å². The summed E-state index contributed by atoms with van der Waals surface area (Å²) in [6.45, 7) is 0. The van der Waals surface area contributed by atoms with Gasteiger partial charge in [0, 0.05) is 26.6 Å². The van der Waals surface area contributed by atoms with Crippen LogP contribution in [-0.4, -0.2) is 0 Å². The first-order valence-electron chi connectivity index (χ1n) is 18.7. The van der Waals surface area contributed by atoms with E-state index in [0.29, 0.717) is 5.92 Å². The first-order chi connectivity index (χ1) is 25.8. The number of nitrogens with zero attached hydrogens (tertiary/aromatic N) is 1. The zero-order chi connectivity index (χ0) is 34.4. The number of hydrogen-bond donors (Lipinski definition) is 0. The van der Waals surface area contributed by atoms with E-state index in [2.05, 4.69) is 175 Å². The van der Waals surface area contributed by atoms with Crippen molar-refractivity contribution in [1.29, 1.82) is 0 Å². The van der Waals surface area contributed by atoms with E-state index >= 15 is 0 Å². The molecule has 10 rings (SSSR count). The van der Waals surface area contributed by atoms with Gasteiger partial charge in [-0.25, -0.2) is 0 Å². The lowest BCUT2D eigenvalue weighted by molar-refractivity contribution is 0.445. The molecule has 9 aromatic rings. The molecule has 0 amide bonds. The minimum Gasteiger partial charge on any atom is -0.308 e. The minimum absolute atomic E-state index is 0.598. The van der Waals surface area contributed by atoms with Gasteiger partial charge in [0.1, 0.15) is 0 Å². The van der Waals surface area contributed by atoms with Crippen molar-refractivity contribution in [3.05, 3.63) is 175 Å². The molecular weight excluding hydrogens is 647 g/mol. The molecule has 1 heterocycles. The molecule has 52 heavy (non-hydrogen) atoms. The number of anilines is 3. The topological polar surface area (TPSA) is 3.24 Å². The average Bonchev–Trinajstić information content (AvgIpc) is 3.61. The van der Waals surface area contributed by atoms with Gasteiger partial charge in [-0.2, -0.15) is 0 Å². The largest absolute Gasteiger partial charge is 0.308 e. The van der Waals surface area contributed by atoms with Crippen molar-refractivity contribution < 1.29 is 0 Å². The molecule has 250 valence electrons. The lowest BCUT2D eigenvalue weighted by Gasteiger charge is -2.31. The zero-order valence-corrected chi connectivity index (χ0v) is 30.0. The molecule has 1 nitrogen and oxygen atoms in total. The molecule has 0 aliphatic heterocycles. The highest BCUT2D eigenvalue weighted by atomic mass is 32.1. The van der Waals surface area contributed by atoms with Crippen LogP contribution in [0.5, 0.6) is 0 Å². The summed E-state index contributed by atoms with van der Waals surface area (Å²) in [5, 5.41) is 7.85. The number of benzene rings is 8. The molecule has 0 saturated heterocycles. The van der Waals surface area contributed by atoms with Crippen molar-refractivity contribution >= 4 is 70.1 Å². The second-order valence-corrected chi connectivity index (χ2v) is 15.3. The maximum atomic E-state index is 2.56. The van der Waals surface area contributed by atoms with Gasteiger partial charge >= 0.3 is 0 Å². The van der Waals surface area contributed by atoms with Crippen LogP contribution in [0.2, 0.25) is 0 Å². The second kappa shape index (κ2) is 13.1. The fourth-order valence-corrected chi connectivity index (χ4v) is 10.1. The summed E-state index contributed by atoms with van der Waals surface area (Å²) in [6.07, 6.45) is 6.53. The molecule has 1 aromatic heterocycles. The van der Waals surface area contributed by atoms with Crippen LogP contribution in [0.15, 0.2) is 170 Å². The van der Waals surface area contributed by atoms with E-state index in [1.54, 1.807) is 0 Å². The summed E-state index contributed by atoms with van der Waals surface area (Å²) in [5.74, 6) is 0.598. The van der Waals surface area contributed by atoms with Gasteiger partial charge in [-0.05, 0) is 81.3 Å².